The molecule has 3 aromatic rings. The summed E-state index contributed by atoms with van der Waals surface area (Å²) in [5, 5.41) is 8.76. The molecule has 0 bridgehead atoms. The molecule has 0 saturated carbocycles. The highest BCUT2D eigenvalue weighted by molar-refractivity contribution is 5.96. The Labute approximate surface area is 216 Å². The maximum atomic E-state index is 14.2. The van der Waals surface area contributed by atoms with Crippen molar-refractivity contribution in [2.75, 3.05) is 51.3 Å². The second-order valence-electron chi connectivity index (χ2n) is 9.43. The molecule has 2 amide bonds. The maximum Gasteiger partial charge on any atom is 0.257 e. The van der Waals surface area contributed by atoms with E-state index in [1.165, 1.54) is 17.0 Å². The molecule has 0 unspecified atom stereocenters. The van der Waals surface area contributed by atoms with Crippen LogP contribution in [0, 0.1) is 11.7 Å². The Morgan fingerprint density at radius 1 is 0.973 bits per heavy atom. The number of ether oxygens (including phenoxy) is 1. The lowest BCUT2D eigenvalue weighted by Gasteiger charge is -2.36. The number of hydrogen-bond donors (Lipinski definition) is 0. The molecule has 0 aliphatic carbocycles. The Hall–Kier alpha value is -4.01. The number of piperazine rings is 1. The molecule has 0 spiro atoms. The third-order valence-corrected chi connectivity index (χ3v) is 6.30. The van der Waals surface area contributed by atoms with E-state index < -0.39 is 11.7 Å². The van der Waals surface area contributed by atoms with Gasteiger partial charge in [0.05, 0.1) is 18.4 Å². The van der Waals surface area contributed by atoms with Crippen molar-refractivity contribution in [2.45, 2.75) is 13.8 Å². The van der Waals surface area contributed by atoms with Crippen molar-refractivity contribution >= 4 is 17.6 Å². The first kappa shape index (κ1) is 26.1. The number of amides is 2. The van der Waals surface area contributed by atoms with Crippen molar-refractivity contribution in [3.63, 3.8) is 0 Å². The first-order valence-corrected chi connectivity index (χ1v) is 12.4. The van der Waals surface area contributed by atoms with Crippen molar-refractivity contribution in [3.8, 4) is 17.0 Å². The van der Waals surface area contributed by atoms with Gasteiger partial charge in [0.25, 0.3) is 5.91 Å². The molecular formula is C28H32FN5O3. The zero-order chi connectivity index (χ0) is 26.4. The van der Waals surface area contributed by atoms with Crippen LogP contribution < -0.4 is 9.64 Å². The predicted molar refractivity (Wildman–Crippen MR) is 140 cm³/mol. The summed E-state index contributed by atoms with van der Waals surface area (Å²) >= 11 is 0. The molecule has 0 radical (unpaired) electrons. The van der Waals surface area contributed by atoms with E-state index in [1.807, 2.05) is 50.2 Å². The van der Waals surface area contributed by atoms with E-state index in [1.54, 1.807) is 24.1 Å². The molecule has 1 aliphatic heterocycles. The van der Waals surface area contributed by atoms with Crippen LogP contribution in [-0.4, -0.2) is 78.2 Å². The van der Waals surface area contributed by atoms with Crippen LogP contribution in [0.4, 0.5) is 10.2 Å². The van der Waals surface area contributed by atoms with E-state index in [2.05, 4.69) is 15.1 Å². The summed E-state index contributed by atoms with van der Waals surface area (Å²) in [4.78, 5) is 31.4. The summed E-state index contributed by atoms with van der Waals surface area (Å²) < 4.78 is 19.4. The number of hydrogen-bond acceptors (Lipinski definition) is 6. The number of nitrogens with zero attached hydrogens (tertiary/aromatic N) is 5. The monoisotopic (exact) mass is 505 g/mol. The Balaban J connectivity index is 1.35. The second-order valence-corrected chi connectivity index (χ2v) is 9.43. The molecule has 2 heterocycles. The number of rotatable bonds is 8. The van der Waals surface area contributed by atoms with E-state index in [4.69, 9.17) is 4.74 Å². The number of benzene rings is 2. The Morgan fingerprint density at radius 2 is 1.68 bits per heavy atom. The molecule has 4 rings (SSSR count). The van der Waals surface area contributed by atoms with Crippen LogP contribution in [0.1, 0.15) is 24.2 Å². The van der Waals surface area contributed by atoms with Gasteiger partial charge < -0.3 is 19.4 Å². The van der Waals surface area contributed by atoms with Gasteiger partial charge in [-0.25, -0.2) is 4.39 Å². The quantitative estimate of drug-likeness (QED) is 0.464. The molecule has 0 N–H and O–H groups in total. The molecule has 0 atom stereocenters. The molecule has 8 nitrogen and oxygen atoms in total. The number of anilines is 1. The van der Waals surface area contributed by atoms with E-state index >= 15 is 0 Å². The standard InChI is InChI=1S/C28H32FN5O3/c1-20(2)18-34(28(36)23-6-4-5-7-24(23)29)19-27(35)33-16-14-32(15-17-33)26-13-12-25(30-31-26)21-8-10-22(37-3)11-9-21/h4-13,20H,14-19H2,1-3H3. The fourth-order valence-electron chi connectivity index (χ4n) is 4.32. The minimum Gasteiger partial charge on any atom is -0.497 e. The van der Waals surface area contributed by atoms with Gasteiger partial charge in [-0.05, 0) is 54.4 Å². The van der Waals surface area contributed by atoms with E-state index in [9.17, 15) is 14.0 Å². The van der Waals surface area contributed by atoms with Gasteiger partial charge in [0.15, 0.2) is 5.82 Å². The van der Waals surface area contributed by atoms with E-state index in [0.29, 0.717) is 32.7 Å². The summed E-state index contributed by atoms with van der Waals surface area (Å²) in [5.41, 5.74) is 1.70. The smallest absolute Gasteiger partial charge is 0.257 e. The van der Waals surface area contributed by atoms with Crippen molar-refractivity contribution in [1.29, 1.82) is 0 Å². The summed E-state index contributed by atoms with van der Waals surface area (Å²) in [5.74, 6) is 0.475. The molecule has 1 fully saturated rings. The van der Waals surface area contributed by atoms with Crippen molar-refractivity contribution in [1.82, 2.24) is 20.0 Å². The molecule has 1 aliphatic rings. The Bertz CT molecular complexity index is 1210. The average Bonchev–Trinajstić information content (AvgIpc) is 2.92. The lowest BCUT2D eigenvalue weighted by molar-refractivity contribution is -0.132. The van der Waals surface area contributed by atoms with E-state index in [0.717, 1.165) is 22.8 Å². The number of carbonyl (C=O) groups is 2. The van der Waals surface area contributed by atoms with Crippen LogP contribution in [0.3, 0.4) is 0 Å². The molecular weight excluding hydrogens is 473 g/mol. The molecule has 9 heteroatoms. The topological polar surface area (TPSA) is 78.9 Å². The molecule has 1 saturated heterocycles. The summed E-state index contributed by atoms with van der Waals surface area (Å²) in [6.07, 6.45) is 0. The van der Waals surface area contributed by atoms with Crippen LogP contribution in [0.25, 0.3) is 11.3 Å². The van der Waals surface area contributed by atoms with Crippen molar-refractivity contribution in [3.05, 3.63) is 72.0 Å². The van der Waals surface area contributed by atoms with Gasteiger partial charge >= 0.3 is 0 Å². The zero-order valence-corrected chi connectivity index (χ0v) is 21.4. The van der Waals surface area contributed by atoms with Gasteiger partial charge in [-0.15, -0.1) is 10.2 Å². The van der Waals surface area contributed by atoms with Gasteiger partial charge in [-0.2, -0.15) is 0 Å². The normalized spacial score (nSPS) is 13.5. The fourth-order valence-corrected chi connectivity index (χ4v) is 4.32. The van der Waals surface area contributed by atoms with Crippen molar-refractivity contribution in [2.24, 2.45) is 5.92 Å². The predicted octanol–water partition coefficient (Wildman–Crippen LogP) is 3.74. The summed E-state index contributed by atoms with van der Waals surface area (Å²) in [6, 6.07) is 17.4. The minimum absolute atomic E-state index is 0.0163. The highest BCUT2D eigenvalue weighted by Crippen LogP contribution is 2.22. The summed E-state index contributed by atoms with van der Waals surface area (Å²) in [6.45, 7) is 6.43. The molecule has 194 valence electrons. The van der Waals surface area contributed by atoms with Crippen LogP contribution >= 0.6 is 0 Å². The largest absolute Gasteiger partial charge is 0.497 e. The number of halogens is 1. The van der Waals surface area contributed by atoms with Gasteiger partial charge in [-0.3, -0.25) is 9.59 Å². The third kappa shape index (κ3) is 6.41. The molecule has 2 aromatic carbocycles. The first-order chi connectivity index (χ1) is 17.9. The van der Waals surface area contributed by atoms with Crippen LogP contribution in [0.15, 0.2) is 60.7 Å². The summed E-state index contributed by atoms with van der Waals surface area (Å²) in [7, 11) is 1.63. The number of aromatic nitrogens is 2. The maximum absolute atomic E-state index is 14.2. The number of carbonyl (C=O) groups excluding carboxylic acids is 2. The molecule has 37 heavy (non-hydrogen) atoms. The minimum atomic E-state index is -0.582. The highest BCUT2D eigenvalue weighted by Gasteiger charge is 2.27. The van der Waals surface area contributed by atoms with Crippen molar-refractivity contribution < 1.29 is 18.7 Å². The average molecular weight is 506 g/mol. The lowest BCUT2D eigenvalue weighted by atomic mass is 10.1. The second kappa shape index (κ2) is 11.8. The van der Waals surface area contributed by atoms with Gasteiger partial charge in [0.1, 0.15) is 18.1 Å². The Kier molecular flexibility index (Phi) is 8.32. The van der Waals surface area contributed by atoms with Crippen LogP contribution in [0.2, 0.25) is 0 Å². The third-order valence-electron chi connectivity index (χ3n) is 6.30. The fraction of sp³-hybridized carbons (Fsp3) is 0.357. The first-order valence-electron chi connectivity index (χ1n) is 12.4. The van der Waals surface area contributed by atoms with Crippen LogP contribution in [0.5, 0.6) is 5.75 Å². The SMILES string of the molecule is COc1ccc(-c2ccc(N3CCN(C(=O)CN(CC(C)C)C(=O)c4ccccc4F)CC3)nn2)cc1. The lowest BCUT2D eigenvalue weighted by Crippen LogP contribution is -2.52. The van der Waals surface area contributed by atoms with E-state index in [-0.39, 0.29) is 23.9 Å². The zero-order valence-electron chi connectivity index (χ0n) is 21.4. The van der Waals surface area contributed by atoms with Crippen LogP contribution in [-0.2, 0) is 4.79 Å². The molecule has 1 aromatic heterocycles. The number of methoxy groups -OCH3 is 1. The van der Waals surface area contributed by atoms with Gasteiger partial charge in [0.2, 0.25) is 5.91 Å². The van der Waals surface area contributed by atoms with Gasteiger partial charge in [0, 0.05) is 38.3 Å². The Morgan fingerprint density at radius 3 is 2.27 bits per heavy atom. The highest BCUT2D eigenvalue weighted by atomic mass is 19.1. The van der Waals surface area contributed by atoms with Gasteiger partial charge in [-0.1, -0.05) is 26.0 Å².